The highest BCUT2D eigenvalue weighted by atomic mass is 16.5. The van der Waals surface area contributed by atoms with Gasteiger partial charge in [-0.05, 0) is 55.7 Å². The highest BCUT2D eigenvalue weighted by Crippen LogP contribution is 2.13. The summed E-state index contributed by atoms with van der Waals surface area (Å²) < 4.78 is 4.95. The van der Waals surface area contributed by atoms with Gasteiger partial charge in [-0.2, -0.15) is 0 Å². The number of carbonyl (C=O) groups excluding carboxylic acids is 2. The van der Waals surface area contributed by atoms with Gasteiger partial charge in [0.2, 0.25) is 0 Å². The largest absolute Gasteiger partial charge is 0.452 e. The molecule has 0 aliphatic carbocycles. The number of esters is 1. The summed E-state index contributed by atoms with van der Waals surface area (Å²) in [5.41, 5.74) is 4.83. The van der Waals surface area contributed by atoms with Crippen LogP contribution in [0.4, 0.5) is 5.69 Å². The molecular weight excluding hydrogens is 302 g/mol. The van der Waals surface area contributed by atoms with Gasteiger partial charge in [0.15, 0.2) is 6.61 Å². The van der Waals surface area contributed by atoms with Crippen molar-refractivity contribution in [1.29, 1.82) is 0 Å². The van der Waals surface area contributed by atoms with Gasteiger partial charge in [0.05, 0.1) is 0 Å². The monoisotopic (exact) mass is 323 g/mol. The van der Waals surface area contributed by atoms with Gasteiger partial charge < -0.3 is 10.1 Å². The molecule has 124 valence electrons. The molecule has 0 aliphatic rings. The molecule has 0 radical (unpaired) electrons. The molecule has 4 heteroatoms. The zero-order valence-electron chi connectivity index (χ0n) is 14.1. The molecule has 1 amide bonds. The Hall–Kier alpha value is -2.88. The van der Waals surface area contributed by atoms with Gasteiger partial charge in [-0.3, -0.25) is 4.79 Å². The Morgan fingerprint density at radius 3 is 2.38 bits per heavy atom. The topological polar surface area (TPSA) is 55.4 Å². The summed E-state index contributed by atoms with van der Waals surface area (Å²) in [6.45, 7) is 5.58. The minimum atomic E-state index is -0.549. The Bertz CT molecular complexity index is 758. The molecule has 0 aromatic heterocycles. The molecule has 2 aromatic rings. The SMILES string of the molecule is Cc1cccc(/C=C/C(=O)OCC(=O)Nc2cc(C)cc(C)c2)c1. The van der Waals surface area contributed by atoms with Crippen molar-refractivity contribution < 1.29 is 14.3 Å². The Morgan fingerprint density at radius 1 is 1.00 bits per heavy atom. The molecule has 0 heterocycles. The summed E-state index contributed by atoms with van der Waals surface area (Å²) in [7, 11) is 0. The molecule has 2 aromatic carbocycles. The fourth-order valence-corrected chi connectivity index (χ4v) is 2.37. The maximum atomic E-state index is 11.8. The van der Waals surface area contributed by atoms with E-state index in [4.69, 9.17) is 4.74 Å². The van der Waals surface area contributed by atoms with Crippen LogP contribution in [0, 0.1) is 20.8 Å². The van der Waals surface area contributed by atoms with Crippen LogP contribution >= 0.6 is 0 Å². The van der Waals surface area contributed by atoms with Crippen LogP contribution in [0.3, 0.4) is 0 Å². The first-order valence-corrected chi connectivity index (χ1v) is 7.72. The molecule has 0 saturated carbocycles. The maximum absolute atomic E-state index is 11.8. The van der Waals surface area contributed by atoms with Gasteiger partial charge in [-0.15, -0.1) is 0 Å². The average molecular weight is 323 g/mol. The molecule has 2 rings (SSSR count). The minimum Gasteiger partial charge on any atom is -0.452 e. The number of amides is 1. The highest BCUT2D eigenvalue weighted by Gasteiger charge is 2.06. The third kappa shape index (κ3) is 5.72. The second-order valence-electron chi connectivity index (χ2n) is 5.78. The number of nitrogens with one attached hydrogen (secondary N) is 1. The number of carbonyl (C=O) groups is 2. The molecule has 0 saturated heterocycles. The number of hydrogen-bond donors (Lipinski definition) is 1. The van der Waals surface area contributed by atoms with E-state index >= 15 is 0 Å². The summed E-state index contributed by atoms with van der Waals surface area (Å²) in [4.78, 5) is 23.5. The van der Waals surface area contributed by atoms with Crippen LogP contribution in [0.25, 0.3) is 6.08 Å². The van der Waals surface area contributed by atoms with E-state index in [9.17, 15) is 9.59 Å². The lowest BCUT2D eigenvalue weighted by atomic mass is 10.1. The molecule has 0 aliphatic heterocycles. The van der Waals surface area contributed by atoms with E-state index in [0.29, 0.717) is 5.69 Å². The lowest BCUT2D eigenvalue weighted by Gasteiger charge is -2.07. The van der Waals surface area contributed by atoms with Crippen molar-refractivity contribution in [2.45, 2.75) is 20.8 Å². The van der Waals surface area contributed by atoms with E-state index in [1.807, 2.05) is 63.2 Å². The van der Waals surface area contributed by atoms with Crippen LogP contribution in [-0.4, -0.2) is 18.5 Å². The summed E-state index contributed by atoms with van der Waals surface area (Å²) in [5, 5.41) is 2.72. The number of benzene rings is 2. The first-order chi connectivity index (χ1) is 11.4. The molecule has 0 unspecified atom stereocenters. The molecule has 4 nitrogen and oxygen atoms in total. The molecule has 0 atom stereocenters. The average Bonchev–Trinajstić information content (AvgIpc) is 2.50. The Labute approximate surface area is 142 Å². The third-order valence-corrected chi connectivity index (χ3v) is 3.30. The number of aryl methyl sites for hydroxylation is 3. The second kappa shape index (κ2) is 8.11. The third-order valence-electron chi connectivity index (χ3n) is 3.30. The van der Waals surface area contributed by atoms with Crippen LogP contribution in [0.5, 0.6) is 0 Å². The molecule has 0 bridgehead atoms. The van der Waals surface area contributed by atoms with Crippen molar-refractivity contribution >= 4 is 23.6 Å². The van der Waals surface area contributed by atoms with Crippen LogP contribution in [0.2, 0.25) is 0 Å². The number of anilines is 1. The van der Waals surface area contributed by atoms with Crippen LogP contribution in [0.15, 0.2) is 48.5 Å². The van der Waals surface area contributed by atoms with E-state index in [0.717, 1.165) is 22.3 Å². The molecule has 0 fully saturated rings. The summed E-state index contributed by atoms with van der Waals surface area (Å²) in [5.74, 6) is -0.913. The molecule has 0 spiro atoms. The van der Waals surface area contributed by atoms with Crippen molar-refractivity contribution in [3.63, 3.8) is 0 Å². The van der Waals surface area contributed by atoms with E-state index in [2.05, 4.69) is 5.32 Å². The van der Waals surface area contributed by atoms with Gasteiger partial charge in [0.25, 0.3) is 5.91 Å². The molecule has 1 N–H and O–H groups in total. The van der Waals surface area contributed by atoms with Crippen molar-refractivity contribution in [3.05, 3.63) is 70.8 Å². The van der Waals surface area contributed by atoms with Crippen molar-refractivity contribution in [2.24, 2.45) is 0 Å². The lowest BCUT2D eigenvalue weighted by molar-refractivity contribution is -0.142. The standard InChI is InChI=1S/C20H21NO3/c1-14-5-4-6-17(10-14)7-8-20(23)24-13-19(22)21-18-11-15(2)9-16(3)12-18/h4-12H,13H2,1-3H3,(H,21,22)/b8-7+. The van der Waals surface area contributed by atoms with Gasteiger partial charge >= 0.3 is 5.97 Å². The first kappa shape index (κ1) is 17.5. The number of ether oxygens (including phenoxy) is 1. The molecular formula is C20H21NO3. The zero-order valence-corrected chi connectivity index (χ0v) is 14.1. The van der Waals surface area contributed by atoms with Crippen LogP contribution < -0.4 is 5.32 Å². The summed E-state index contributed by atoms with van der Waals surface area (Å²) in [6, 6.07) is 13.5. The quantitative estimate of drug-likeness (QED) is 0.672. The van der Waals surface area contributed by atoms with Gasteiger partial charge in [0.1, 0.15) is 0 Å². The molecule has 24 heavy (non-hydrogen) atoms. The Balaban J connectivity index is 1.83. The van der Waals surface area contributed by atoms with Crippen LogP contribution in [-0.2, 0) is 14.3 Å². The fourth-order valence-electron chi connectivity index (χ4n) is 2.37. The van der Waals surface area contributed by atoms with E-state index in [1.54, 1.807) is 6.08 Å². The summed E-state index contributed by atoms with van der Waals surface area (Å²) in [6.07, 6.45) is 2.98. The lowest BCUT2D eigenvalue weighted by Crippen LogP contribution is -2.20. The van der Waals surface area contributed by atoms with Gasteiger partial charge in [-0.25, -0.2) is 4.79 Å². The van der Waals surface area contributed by atoms with Gasteiger partial charge in [-0.1, -0.05) is 35.9 Å². The normalized spacial score (nSPS) is 10.6. The minimum absolute atomic E-state index is 0.315. The van der Waals surface area contributed by atoms with E-state index in [1.165, 1.54) is 6.08 Å². The predicted octanol–water partition coefficient (Wildman–Crippen LogP) is 3.81. The Kier molecular flexibility index (Phi) is 5.90. The fraction of sp³-hybridized carbons (Fsp3) is 0.200. The van der Waals surface area contributed by atoms with Crippen molar-refractivity contribution in [1.82, 2.24) is 0 Å². The van der Waals surface area contributed by atoms with Crippen molar-refractivity contribution in [2.75, 3.05) is 11.9 Å². The van der Waals surface area contributed by atoms with Gasteiger partial charge in [0, 0.05) is 11.8 Å². The van der Waals surface area contributed by atoms with E-state index < -0.39 is 5.97 Å². The highest BCUT2D eigenvalue weighted by molar-refractivity contribution is 5.94. The first-order valence-electron chi connectivity index (χ1n) is 7.72. The predicted molar refractivity (Wildman–Crippen MR) is 95.7 cm³/mol. The smallest absolute Gasteiger partial charge is 0.331 e. The van der Waals surface area contributed by atoms with Crippen LogP contribution in [0.1, 0.15) is 22.3 Å². The van der Waals surface area contributed by atoms with Crippen molar-refractivity contribution in [3.8, 4) is 0 Å². The van der Waals surface area contributed by atoms with E-state index in [-0.39, 0.29) is 12.5 Å². The Morgan fingerprint density at radius 2 is 1.71 bits per heavy atom. The maximum Gasteiger partial charge on any atom is 0.331 e. The second-order valence-corrected chi connectivity index (χ2v) is 5.78. The zero-order chi connectivity index (χ0) is 17.5. The number of hydrogen-bond acceptors (Lipinski definition) is 3. The summed E-state index contributed by atoms with van der Waals surface area (Å²) >= 11 is 0. The number of rotatable bonds is 5.